The topological polar surface area (TPSA) is 55.4 Å². The summed E-state index contributed by atoms with van der Waals surface area (Å²) in [6, 6.07) is 9.35. The molecule has 0 unspecified atom stereocenters. The number of hydrogen-bond acceptors (Lipinski definition) is 3. The molecule has 1 aromatic rings. The number of hydrogen-bond donors (Lipinski definition) is 1. The molecular formula is C14H21NO3S. The van der Waals surface area contributed by atoms with Crippen molar-refractivity contribution >= 4 is 17.0 Å². The van der Waals surface area contributed by atoms with Crippen LogP contribution in [0.3, 0.4) is 0 Å². The Labute approximate surface area is 117 Å². The number of methoxy groups -OCH3 is 1. The maximum absolute atomic E-state index is 12.0. The van der Waals surface area contributed by atoms with Gasteiger partial charge in [0.25, 0.3) is 0 Å². The highest BCUT2D eigenvalue weighted by atomic mass is 32.2. The quantitative estimate of drug-likeness (QED) is 0.841. The number of rotatable bonds is 5. The van der Waals surface area contributed by atoms with E-state index in [9.17, 15) is 9.00 Å². The van der Waals surface area contributed by atoms with Crippen LogP contribution in [0.2, 0.25) is 0 Å². The molecule has 4 nitrogen and oxygen atoms in total. The normalized spacial score (nSPS) is 14.7. The summed E-state index contributed by atoms with van der Waals surface area (Å²) in [5.74, 6) is -0.776. The van der Waals surface area contributed by atoms with E-state index in [1.54, 1.807) is 0 Å². The fraction of sp³-hybridized carbons (Fsp3) is 0.500. The van der Waals surface area contributed by atoms with Gasteiger partial charge in [0, 0.05) is 6.54 Å². The minimum absolute atomic E-state index is 0.292. The van der Waals surface area contributed by atoms with Gasteiger partial charge in [0.1, 0.15) is 0 Å². The fourth-order valence-corrected chi connectivity index (χ4v) is 2.29. The van der Waals surface area contributed by atoms with Crippen molar-refractivity contribution in [2.75, 3.05) is 13.7 Å². The molecule has 0 saturated heterocycles. The number of nitrogens with one attached hydrogen (secondary N) is 1. The van der Waals surface area contributed by atoms with Gasteiger partial charge in [-0.3, -0.25) is 4.79 Å². The van der Waals surface area contributed by atoms with Gasteiger partial charge in [0.15, 0.2) is 0 Å². The zero-order valence-corrected chi connectivity index (χ0v) is 12.6. The summed E-state index contributed by atoms with van der Waals surface area (Å²) in [4.78, 5) is 11.8. The number of ether oxygens (including phenoxy) is 1. The molecule has 0 aliphatic carbocycles. The Morgan fingerprint density at radius 3 is 2.37 bits per heavy atom. The number of esters is 1. The van der Waals surface area contributed by atoms with E-state index in [-0.39, 0.29) is 10.7 Å². The second-order valence-electron chi connectivity index (χ2n) is 5.22. The minimum atomic E-state index is -1.21. The van der Waals surface area contributed by atoms with E-state index >= 15 is 0 Å². The van der Waals surface area contributed by atoms with E-state index in [1.807, 2.05) is 51.1 Å². The van der Waals surface area contributed by atoms with Crippen LogP contribution in [-0.4, -0.2) is 28.6 Å². The van der Waals surface area contributed by atoms with Crippen LogP contribution in [0.15, 0.2) is 30.3 Å². The van der Waals surface area contributed by atoms with E-state index < -0.39 is 16.9 Å². The van der Waals surface area contributed by atoms with Gasteiger partial charge in [-0.2, -0.15) is 0 Å². The van der Waals surface area contributed by atoms with Crippen molar-refractivity contribution in [2.24, 2.45) is 0 Å². The third-order valence-corrected chi connectivity index (χ3v) is 4.20. The average Bonchev–Trinajstić information content (AvgIpc) is 2.38. The van der Waals surface area contributed by atoms with Crippen molar-refractivity contribution in [3.8, 4) is 0 Å². The summed E-state index contributed by atoms with van der Waals surface area (Å²) in [5.41, 5.74) is 0.854. The van der Waals surface area contributed by atoms with Crippen molar-refractivity contribution in [1.82, 2.24) is 4.72 Å². The minimum Gasteiger partial charge on any atom is -0.469 e. The lowest BCUT2D eigenvalue weighted by Gasteiger charge is -2.21. The van der Waals surface area contributed by atoms with Crippen LogP contribution >= 0.6 is 0 Å². The molecule has 0 amide bonds. The summed E-state index contributed by atoms with van der Waals surface area (Å²) < 4.78 is 19.3. The smallest absolute Gasteiger partial charge is 0.314 e. The molecule has 0 aliphatic heterocycles. The molecule has 0 aromatic heterocycles. The monoisotopic (exact) mass is 283 g/mol. The van der Waals surface area contributed by atoms with Gasteiger partial charge >= 0.3 is 5.97 Å². The molecule has 2 atom stereocenters. The van der Waals surface area contributed by atoms with E-state index in [1.165, 1.54) is 7.11 Å². The molecule has 1 N–H and O–H groups in total. The fourth-order valence-electron chi connectivity index (χ4n) is 1.54. The van der Waals surface area contributed by atoms with Crippen molar-refractivity contribution in [3.63, 3.8) is 0 Å². The summed E-state index contributed by atoms with van der Waals surface area (Å²) in [6.45, 7) is 5.93. The maximum Gasteiger partial charge on any atom is 0.314 e. The van der Waals surface area contributed by atoms with Gasteiger partial charge in [0.2, 0.25) is 0 Å². The molecule has 19 heavy (non-hydrogen) atoms. The van der Waals surface area contributed by atoms with Gasteiger partial charge in [-0.15, -0.1) is 0 Å². The molecular weight excluding hydrogens is 262 g/mol. The Hall–Kier alpha value is -1.20. The Bertz CT molecular complexity index is 440. The lowest BCUT2D eigenvalue weighted by atomic mass is 10.00. The first kappa shape index (κ1) is 15.9. The molecule has 106 valence electrons. The largest absolute Gasteiger partial charge is 0.469 e. The molecule has 0 radical (unpaired) electrons. The highest BCUT2D eigenvalue weighted by molar-refractivity contribution is 7.84. The van der Waals surface area contributed by atoms with Crippen LogP contribution in [0.1, 0.15) is 32.3 Å². The van der Waals surface area contributed by atoms with E-state index in [2.05, 4.69) is 4.72 Å². The second-order valence-corrected chi connectivity index (χ2v) is 7.27. The molecule has 0 aliphatic rings. The molecule has 0 fully saturated rings. The summed E-state index contributed by atoms with van der Waals surface area (Å²) in [5, 5.41) is 0. The number of carbonyl (C=O) groups is 1. The molecule has 1 aromatic carbocycles. The predicted molar refractivity (Wildman–Crippen MR) is 77.1 cm³/mol. The Morgan fingerprint density at radius 1 is 1.32 bits per heavy atom. The van der Waals surface area contributed by atoms with E-state index in [0.29, 0.717) is 6.54 Å². The highest BCUT2D eigenvalue weighted by Gasteiger charge is 2.25. The Morgan fingerprint density at radius 2 is 1.89 bits per heavy atom. The van der Waals surface area contributed by atoms with Gasteiger partial charge in [-0.05, 0) is 26.3 Å². The standard InChI is InChI=1S/C14H21NO3S/c1-14(2,3)19(17)15-10-12(13(16)18-4)11-8-6-5-7-9-11/h5-9,12,15H,10H2,1-4H3/t12-,19+/m1/s1. The zero-order chi connectivity index (χ0) is 14.5. The zero-order valence-electron chi connectivity index (χ0n) is 11.8. The third-order valence-electron chi connectivity index (χ3n) is 2.66. The van der Waals surface area contributed by atoms with Gasteiger partial charge in [0.05, 0.1) is 28.8 Å². The molecule has 1 rings (SSSR count). The number of benzene rings is 1. The molecule has 0 saturated carbocycles. The summed E-state index contributed by atoms with van der Waals surface area (Å²) in [7, 11) is 0.152. The Kier molecular flexibility index (Phi) is 5.69. The van der Waals surface area contributed by atoms with Crippen LogP contribution in [0.4, 0.5) is 0 Å². The van der Waals surface area contributed by atoms with Crippen molar-refractivity contribution < 1.29 is 13.7 Å². The first-order chi connectivity index (χ1) is 8.86. The SMILES string of the molecule is COC(=O)[C@H](CN[S@@](=O)C(C)(C)C)c1ccccc1. The van der Waals surface area contributed by atoms with Gasteiger partial charge in [-0.1, -0.05) is 30.3 Å². The van der Waals surface area contributed by atoms with E-state index in [0.717, 1.165) is 5.56 Å². The second kappa shape index (κ2) is 6.82. The summed E-state index contributed by atoms with van der Waals surface area (Å²) >= 11 is 0. The van der Waals surface area contributed by atoms with Crippen LogP contribution < -0.4 is 4.72 Å². The first-order valence-corrected chi connectivity index (χ1v) is 7.29. The third kappa shape index (κ3) is 4.76. The molecule has 0 bridgehead atoms. The predicted octanol–water partition coefficient (Wildman–Crippen LogP) is 1.99. The van der Waals surface area contributed by atoms with Crippen LogP contribution in [0, 0.1) is 0 Å². The van der Waals surface area contributed by atoms with Gasteiger partial charge < -0.3 is 4.74 Å². The molecule has 5 heteroatoms. The highest BCUT2D eigenvalue weighted by Crippen LogP contribution is 2.17. The molecule has 0 heterocycles. The molecule has 0 spiro atoms. The van der Waals surface area contributed by atoms with Crippen LogP contribution in [-0.2, 0) is 20.5 Å². The van der Waals surface area contributed by atoms with Crippen molar-refractivity contribution in [3.05, 3.63) is 35.9 Å². The number of carbonyl (C=O) groups excluding carboxylic acids is 1. The van der Waals surface area contributed by atoms with Gasteiger partial charge in [-0.25, -0.2) is 8.93 Å². The Balaban J connectivity index is 2.78. The lowest BCUT2D eigenvalue weighted by Crippen LogP contribution is -2.37. The van der Waals surface area contributed by atoms with Crippen LogP contribution in [0.25, 0.3) is 0 Å². The van der Waals surface area contributed by atoms with Crippen molar-refractivity contribution in [2.45, 2.75) is 31.4 Å². The summed E-state index contributed by atoms with van der Waals surface area (Å²) in [6.07, 6.45) is 0. The lowest BCUT2D eigenvalue weighted by molar-refractivity contribution is -0.142. The maximum atomic E-state index is 12.0. The average molecular weight is 283 g/mol. The van der Waals surface area contributed by atoms with Crippen molar-refractivity contribution in [1.29, 1.82) is 0 Å². The van der Waals surface area contributed by atoms with Crippen LogP contribution in [0.5, 0.6) is 0 Å². The van der Waals surface area contributed by atoms with E-state index in [4.69, 9.17) is 4.74 Å². The first-order valence-electron chi connectivity index (χ1n) is 6.14.